The van der Waals surface area contributed by atoms with Crippen LogP contribution >= 0.6 is 11.6 Å². The van der Waals surface area contributed by atoms with E-state index in [1.165, 1.54) is 12.4 Å². The second kappa shape index (κ2) is 8.45. The fourth-order valence-electron chi connectivity index (χ4n) is 2.41. The van der Waals surface area contributed by atoms with Gasteiger partial charge in [-0.25, -0.2) is 9.97 Å². The summed E-state index contributed by atoms with van der Waals surface area (Å²) in [5.41, 5.74) is 2.40. The Bertz CT molecular complexity index is 863. The van der Waals surface area contributed by atoms with Crippen molar-refractivity contribution in [2.75, 3.05) is 13.7 Å². The number of hydrogen-bond acceptors (Lipinski definition) is 4. The topological polar surface area (TPSA) is 64.1 Å². The second-order valence-corrected chi connectivity index (χ2v) is 6.09. The van der Waals surface area contributed by atoms with Crippen LogP contribution in [0.15, 0.2) is 60.9 Å². The van der Waals surface area contributed by atoms with E-state index < -0.39 is 0 Å². The molecule has 5 nitrogen and oxygen atoms in total. The van der Waals surface area contributed by atoms with Crippen LogP contribution < -0.4 is 10.1 Å². The molecule has 1 N–H and O–H groups in total. The number of methoxy groups -OCH3 is 1. The van der Waals surface area contributed by atoms with Gasteiger partial charge in [-0.3, -0.25) is 4.79 Å². The lowest BCUT2D eigenvalue weighted by Gasteiger charge is -2.07. The molecule has 0 unspecified atom stereocenters. The molecule has 0 radical (unpaired) electrons. The molecule has 0 aliphatic heterocycles. The number of nitrogens with one attached hydrogen (secondary N) is 1. The van der Waals surface area contributed by atoms with Crippen LogP contribution in [0, 0.1) is 0 Å². The summed E-state index contributed by atoms with van der Waals surface area (Å²) in [6.07, 6.45) is 3.79. The van der Waals surface area contributed by atoms with Gasteiger partial charge in [0.1, 0.15) is 5.75 Å². The molecule has 2 aromatic carbocycles. The summed E-state index contributed by atoms with van der Waals surface area (Å²) in [4.78, 5) is 20.7. The molecule has 0 spiro atoms. The van der Waals surface area contributed by atoms with E-state index >= 15 is 0 Å². The van der Waals surface area contributed by atoms with Gasteiger partial charge in [-0.1, -0.05) is 23.7 Å². The summed E-state index contributed by atoms with van der Waals surface area (Å²) in [5.74, 6) is 1.17. The smallest absolute Gasteiger partial charge is 0.254 e. The number of ether oxygens (including phenoxy) is 1. The second-order valence-electron chi connectivity index (χ2n) is 5.66. The van der Waals surface area contributed by atoms with Crippen LogP contribution in [0.4, 0.5) is 0 Å². The fraction of sp³-hybridized carbons (Fsp3) is 0.150. The molecule has 1 heterocycles. The zero-order chi connectivity index (χ0) is 18.4. The molecule has 0 atom stereocenters. The van der Waals surface area contributed by atoms with E-state index in [0.717, 1.165) is 23.3 Å². The largest absolute Gasteiger partial charge is 0.497 e. The highest BCUT2D eigenvalue weighted by Crippen LogP contribution is 2.17. The maximum atomic E-state index is 12.2. The van der Waals surface area contributed by atoms with Crippen molar-refractivity contribution < 1.29 is 9.53 Å². The van der Waals surface area contributed by atoms with Crippen molar-refractivity contribution in [3.8, 4) is 17.1 Å². The van der Waals surface area contributed by atoms with Gasteiger partial charge in [0.05, 0.1) is 12.7 Å². The summed E-state index contributed by atoms with van der Waals surface area (Å²) < 4.78 is 5.13. The Morgan fingerprint density at radius 1 is 1.04 bits per heavy atom. The molecule has 3 rings (SSSR count). The monoisotopic (exact) mass is 367 g/mol. The zero-order valence-electron chi connectivity index (χ0n) is 14.3. The Morgan fingerprint density at radius 3 is 2.31 bits per heavy atom. The predicted octanol–water partition coefficient (Wildman–Crippen LogP) is 3.78. The normalized spacial score (nSPS) is 10.4. The number of benzene rings is 2. The van der Waals surface area contributed by atoms with Gasteiger partial charge >= 0.3 is 0 Å². The SMILES string of the molecule is COc1ccc(CCNC(=O)c2cnc(-c3ccc(Cl)cc3)nc2)cc1. The van der Waals surface area contributed by atoms with Gasteiger partial charge in [-0.2, -0.15) is 0 Å². The van der Waals surface area contributed by atoms with Gasteiger partial charge in [-0.05, 0) is 48.4 Å². The summed E-state index contributed by atoms with van der Waals surface area (Å²) >= 11 is 5.87. The third-order valence-electron chi connectivity index (χ3n) is 3.87. The highest BCUT2D eigenvalue weighted by atomic mass is 35.5. The lowest BCUT2D eigenvalue weighted by atomic mass is 10.1. The van der Waals surface area contributed by atoms with Crippen LogP contribution in [-0.4, -0.2) is 29.5 Å². The summed E-state index contributed by atoms with van der Waals surface area (Å²) in [6, 6.07) is 15.0. The summed E-state index contributed by atoms with van der Waals surface area (Å²) in [6.45, 7) is 0.532. The Balaban J connectivity index is 1.55. The number of nitrogens with zero attached hydrogens (tertiary/aromatic N) is 2. The summed E-state index contributed by atoms with van der Waals surface area (Å²) in [5, 5.41) is 3.53. The van der Waals surface area contributed by atoms with E-state index in [9.17, 15) is 4.79 Å². The molecule has 6 heteroatoms. The van der Waals surface area contributed by atoms with E-state index in [2.05, 4.69) is 15.3 Å². The molecule has 0 saturated heterocycles. The highest BCUT2D eigenvalue weighted by Gasteiger charge is 2.08. The molecular weight excluding hydrogens is 350 g/mol. The van der Waals surface area contributed by atoms with Gasteiger partial charge in [0.2, 0.25) is 0 Å². The van der Waals surface area contributed by atoms with Crippen molar-refractivity contribution in [3.63, 3.8) is 0 Å². The first-order valence-corrected chi connectivity index (χ1v) is 8.52. The predicted molar refractivity (Wildman–Crippen MR) is 102 cm³/mol. The fourth-order valence-corrected chi connectivity index (χ4v) is 2.53. The number of aromatic nitrogens is 2. The average Bonchev–Trinajstić information content (AvgIpc) is 2.69. The minimum absolute atomic E-state index is 0.193. The maximum absolute atomic E-state index is 12.2. The minimum atomic E-state index is -0.193. The van der Waals surface area contributed by atoms with Crippen molar-refractivity contribution in [2.45, 2.75) is 6.42 Å². The van der Waals surface area contributed by atoms with Crippen molar-refractivity contribution in [1.29, 1.82) is 0 Å². The molecule has 0 bridgehead atoms. The van der Waals surface area contributed by atoms with E-state index in [-0.39, 0.29) is 5.91 Å². The molecule has 1 amide bonds. The van der Waals surface area contributed by atoms with Crippen molar-refractivity contribution in [1.82, 2.24) is 15.3 Å². The maximum Gasteiger partial charge on any atom is 0.254 e. The Morgan fingerprint density at radius 2 is 1.69 bits per heavy atom. The zero-order valence-corrected chi connectivity index (χ0v) is 15.0. The van der Waals surface area contributed by atoms with Crippen LogP contribution in [-0.2, 0) is 6.42 Å². The molecule has 3 aromatic rings. The minimum Gasteiger partial charge on any atom is -0.497 e. The van der Waals surface area contributed by atoms with Gasteiger partial charge < -0.3 is 10.1 Å². The lowest BCUT2D eigenvalue weighted by Crippen LogP contribution is -2.26. The molecule has 0 saturated carbocycles. The molecule has 0 aliphatic carbocycles. The number of carbonyl (C=O) groups excluding carboxylic acids is 1. The van der Waals surface area contributed by atoms with E-state index in [1.807, 2.05) is 36.4 Å². The van der Waals surface area contributed by atoms with Crippen LogP contribution in [0.5, 0.6) is 5.75 Å². The molecule has 0 fully saturated rings. The number of rotatable bonds is 6. The standard InChI is InChI=1S/C20H18ClN3O2/c1-26-18-8-2-14(3-9-18)10-11-22-20(25)16-12-23-19(24-13-16)15-4-6-17(21)7-5-15/h2-9,12-13H,10-11H2,1H3,(H,22,25). The third-order valence-corrected chi connectivity index (χ3v) is 4.13. The number of halogens is 1. The lowest BCUT2D eigenvalue weighted by molar-refractivity contribution is 0.0953. The first kappa shape index (κ1) is 17.9. The summed E-state index contributed by atoms with van der Waals surface area (Å²) in [7, 11) is 1.63. The average molecular weight is 368 g/mol. The Hall–Kier alpha value is -2.92. The van der Waals surface area contributed by atoms with Crippen LogP contribution in [0.25, 0.3) is 11.4 Å². The van der Waals surface area contributed by atoms with E-state index in [1.54, 1.807) is 19.2 Å². The molecular formula is C20H18ClN3O2. The van der Waals surface area contributed by atoms with E-state index in [4.69, 9.17) is 16.3 Å². The van der Waals surface area contributed by atoms with Gasteiger partial charge in [0, 0.05) is 29.5 Å². The highest BCUT2D eigenvalue weighted by molar-refractivity contribution is 6.30. The van der Waals surface area contributed by atoms with E-state index in [0.29, 0.717) is 23.0 Å². The van der Waals surface area contributed by atoms with Gasteiger partial charge in [0.15, 0.2) is 5.82 Å². The number of carbonyl (C=O) groups is 1. The Labute approximate surface area is 157 Å². The number of amides is 1. The quantitative estimate of drug-likeness (QED) is 0.720. The van der Waals surface area contributed by atoms with Crippen molar-refractivity contribution in [2.24, 2.45) is 0 Å². The Kier molecular flexibility index (Phi) is 5.81. The first-order chi connectivity index (χ1) is 12.7. The molecule has 0 aliphatic rings. The van der Waals surface area contributed by atoms with Crippen LogP contribution in [0.3, 0.4) is 0 Å². The van der Waals surface area contributed by atoms with Crippen LogP contribution in [0.2, 0.25) is 5.02 Å². The van der Waals surface area contributed by atoms with Gasteiger partial charge in [0.25, 0.3) is 5.91 Å². The third kappa shape index (κ3) is 4.58. The molecule has 132 valence electrons. The van der Waals surface area contributed by atoms with Crippen LogP contribution in [0.1, 0.15) is 15.9 Å². The molecule has 1 aromatic heterocycles. The molecule has 26 heavy (non-hydrogen) atoms. The van der Waals surface area contributed by atoms with Crippen molar-refractivity contribution >= 4 is 17.5 Å². The van der Waals surface area contributed by atoms with Gasteiger partial charge in [-0.15, -0.1) is 0 Å². The number of hydrogen-bond donors (Lipinski definition) is 1. The van der Waals surface area contributed by atoms with Crippen molar-refractivity contribution in [3.05, 3.63) is 77.1 Å². The first-order valence-electron chi connectivity index (χ1n) is 8.15.